The average molecular weight is 1410 g/mol. The van der Waals surface area contributed by atoms with E-state index in [0.717, 1.165) is 108 Å². The van der Waals surface area contributed by atoms with Gasteiger partial charge in [0.1, 0.15) is 19.3 Å². The number of rotatable bonds is 75. The molecule has 570 valence electrons. The minimum atomic E-state index is -4.96. The number of phosphoric acid groups is 2. The van der Waals surface area contributed by atoms with Gasteiger partial charge in [0, 0.05) is 25.7 Å². The number of esters is 4. The van der Waals surface area contributed by atoms with Gasteiger partial charge in [-0.15, -0.1) is 0 Å². The van der Waals surface area contributed by atoms with Gasteiger partial charge in [0.2, 0.25) is 0 Å². The Morgan fingerprint density at radius 1 is 0.302 bits per heavy atom. The number of aliphatic hydroxyl groups is 1. The van der Waals surface area contributed by atoms with E-state index in [1.54, 1.807) is 0 Å². The molecule has 0 radical (unpaired) electrons. The molecule has 0 bridgehead atoms. The number of ether oxygens (including phenoxy) is 4. The zero-order chi connectivity index (χ0) is 70.9. The summed E-state index contributed by atoms with van der Waals surface area (Å²) < 4.78 is 68.5. The van der Waals surface area contributed by atoms with Crippen LogP contribution < -0.4 is 0 Å². The van der Waals surface area contributed by atoms with Crippen molar-refractivity contribution in [2.24, 2.45) is 17.8 Å². The molecule has 96 heavy (non-hydrogen) atoms. The van der Waals surface area contributed by atoms with Crippen LogP contribution in [0.2, 0.25) is 0 Å². The summed E-state index contributed by atoms with van der Waals surface area (Å²) in [6.45, 7) is 11.8. The quantitative estimate of drug-likeness (QED) is 0.0222. The van der Waals surface area contributed by atoms with E-state index in [1.165, 1.54) is 199 Å². The highest BCUT2D eigenvalue weighted by Crippen LogP contribution is 2.45. The summed E-state index contributed by atoms with van der Waals surface area (Å²) in [5, 5.41) is 10.6. The van der Waals surface area contributed by atoms with Crippen molar-refractivity contribution >= 4 is 39.5 Å². The maximum absolute atomic E-state index is 13.1. The second kappa shape index (κ2) is 67.5. The van der Waals surface area contributed by atoms with Gasteiger partial charge in [-0.2, -0.15) is 0 Å². The molecule has 0 fully saturated rings. The van der Waals surface area contributed by atoms with Gasteiger partial charge in [-0.25, -0.2) is 9.13 Å². The predicted molar refractivity (Wildman–Crippen MR) is 391 cm³/mol. The van der Waals surface area contributed by atoms with Gasteiger partial charge in [-0.05, 0) is 43.4 Å². The molecular formula is C77H150O17P2. The number of hydrogen-bond acceptors (Lipinski definition) is 15. The first-order chi connectivity index (χ1) is 46.3. The van der Waals surface area contributed by atoms with E-state index in [4.69, 9.17) is 37.0 Å². The molecule has 3 unspecified atom stereocenters. The van der Waals surface area contributed by atoms with Crippen LogP contribution in [-0.2, 0) is 65.4 Å². The number of aliphatic hydroxyl groups excluding tert-OH is 1. The van der Waals surface area contributed by atoms with Gasteiger partial charge >= 0.3 is 39.5 Å². The van der Waals surface area contributed by atoms with E-state index < -0.39 is 97.5 Å². The standard InChI is InChI=1S/C77H150O17P2/c1-8-10-11-12-13-14-15-16-17-18-19-20-23-27-30-33-36-46-53-60-76(81)93-72(64-87-74(79)58-51-44-35-32-29-26-24-21-22-25-28-31-34-41-48-55-68(3)4)66-91-95(83,84)89-62-71(78)63-90-96(85,86)92-67-73(65-88-75(80)59-52-45-39-37-42-49-56-69(5)6)94-77(82)61-54-47-40-38-43-50-57-70(7)9-2/h68-73,78H,8-67H2,1-7H3,(H,83,84)(H,85,86)/t70?,71-,72-,73-/m1/s1. The summed E-state index contributed by atoms with van der Waals surface area (Å²) in [4.78, 5) is 72.8. The zero-order valence-electron chi connectivity index (χ0n) is 62.8. The molecule has 3 N–H and O–H groups in total. The average Bonchev–Trinajstić information content (AvgIpc) is 2.43. The molecule has 0 rings (SSSR count). The Balaban J connectivity index is 5.20. The third kappa shape index (κ3) is 69.2. The van der Waals surface area contributed by atoms with E-state index in [9.17, 15) is 43.2 Å². The van der Waals surface area contributed by atoms with Crippen molar-refractivity contribution in [1.29, 1.82) is 0 Å². The molecular weight excluding hydrogens is 1260 g/mol. The monoisotopic (exact) mass is 1410 g/mol. The lowest BCUT2D eigenvalue weighted by Gasteiger charge is -2.21. The molecule has 0 aromatic heterocycles. The van der Waals surface area contributed by atoms with Gasteiger partial charge < -0.3 is 33.8 Å². The Morgan fingerprint density at radius 2 is 0.531 bits per heavy atom. The van der Waals surface area contributed by atoms with Crippen molar-refractivity contribution in [3.05, 3.63) is 0 Å². The number of hydrogen-bond donors (Lipinski definition) is 3. The lowest BCUT2D eigenvalue weighted by Crippen LogP contribution is -2.30. The highest BCUT2D eigenvalue weighted by Gasteiger charge is 2.30. The van der Waals surface area contributed by atoms with Crippen molar-refractivity contribution < 1.29 is 80.2 Å². The second-order valence-electron chi connectivity index (χ2n) is 28.9. The van der Waals surface area contributed by atoms with Crippen molar-refractivity contribution in [2.45, 2.75) is 414 Å². The van der Waals surface area contributed by atoms with Gasteiger partial charge in [0.05, 0.1) is 26.4 Å². The maximum atomic E-state index is 13.1. The Labute approximate surface area is 588 Å². The minimum Gasteiger partial charge on any atom is -0.462 e. The SMILES string of the molecule is CCCCCCCCCCCCCCCCCCCCCC(=O)O[C@H](COC(=O)CCCCCCCCCCCCCCCCCC(C)C)COP(=O)(O)OC[C@@H](O)COP(=O)(O)OC[C@@H](COC(=O)CCCCCCCCC(C)C)OC(=O)CCCCCCCCC(C)CC. The minimum absolute atomic E-state index is 0.102. The van der Waals surface area contributed by atoms with Crippen LogP contribution in [0, 0.1) is 17.8 Å². The molecule has 0 heterocycles. The van der Waals surface area contributed by atoms with Crippen molar-refractivity contribution in [3.8, 4) is 0 Å². The van der Waals surface area contributed by atoms with Crippen molar-refractivity contribution in [3.63, 3.8) is 0 Å². The highest BCUT2D eigenvalue weighted by molar-refractivity contribution is 7.47. The molecule has 0 saturated carbocycles. The predicted octanol–water partition coefficient (Wildman–Crippen LogP) is 22.6. The highest BCUT2D eigenvalue weighted by atomic mass is 31.2. The van der Waals surface area contributed by atoms with Gasteiger partial charge in [0.25, 0.3) is 0 Å². The number of unbranched alkanes of at least 4 members (excludes halogenated alkanes) is 42. The molecule has 0 spiro atoms. The Bertz CT molecular complexity index is 1870. The van der Waals surface area contributed by atoms with Gasteiger partial charge in [0.15, 0.2) is 12.2 Å². The zero-order valence-corrected chi connectivity index (χ0v) is 64.6. The van der Waals surface area contributed by atoms with E-state index in [2.05, 4.69) is 48.5 Å². The first-order valence-corrected chi connectivity index (χ1v) is 42.9. The fraction of sp³-hybridized carbons (Fsp3) is 0.948. The summed E-state index contributed by atoms with van der Waals surface area (Å²) >= 11 is 0. The Morgan fingerprint density at radius 3 is 0.792 bits per heavy atom. The molecule has 17 nitrogen and oxygen atoms in total. The molecule has 0 aromatic rings. The van der Waals surface area contributed by atoms with Crippen molar-refractivity contribution in [1.82, 2.24) is 0 Å². The largest absolute Gasteiger partial charge is 0.472 e. The van der Waals surface area contributed by atoms with Crippen molar-refractivity contribution in [2.75, 3.05) is 39.6 Å². The molecule has 0 aliphatic carbocycles. The van der Waals surface area contributed by atoms with Gasteiger partial charge in [-0.3, -0.25) is 37.3 Å². The summed E-state index contributed by atoms with van der Waals surface area (Å²) in [6.07, 6.45) is 54.5. The Kier molecular flexibility index (Phi) is 66.2. The lowest BCUT2D eigenvalue weighted by molar-refractivity contribution is -0.161. The molecule has 0 amide bonds. The Hall–Kier alpha value is -1.94. The first kappa shape index (κ1) is 94.1. The molecule has 0 aliphatic heterocycles. The summed E-state index contributed by atoms with van der Waals surface area (Å²) in [6, 6.07) is 0. The first-order valence-electron chi connectivity index (χ1n) is 39.9. The topological polar surface area (TPSA) is 237 Å². The van der Waals surface area contributed by atoms with E-state index in [1.807, 2.05) is 0 Å². The van der Waals surface area contributed by atoms with Crippen LogP contribution in [0.4, 0.5) is 0 Å². The van der Waals surface area contributed by atoms with Crippen LogP contribution in [0.3, 0.4) is 0 Å². The van der Waals surface area contributed by atoms with E-state index >= 15 is 0 Å². The maximum Gasteiger partial charge on any atom is 0.472 e. The fourth-order valence-electron chi connectivity index (χ4n) is 11.7. The molecule has 0 aromatic carbocycles. The molecule has 6 atom stereocenters. The van der Waals surface area contributed by atoms with Crippen LogP contribution >= 0.6 is 15.6 Å². The van der Waals surface area contributed by atoms with Crippen LogP contribution in [0.5, 0.6) is 0 Å². The smallest absolute Gasteiger partial charge is 0.462 e. The molecule has 19 heteroatoms. The summed E-state index contributed by atoms with van der Waals surface area (Å²) in [5.41, 5.74) is 0. The van der Waals surface area contributed by atoms with E-state index in [-0.39, 0.29) is 25.7 Å². The molecule has 0 aliphatic rings. The normalized spacial score (nSPS) is 14.3. The lowest BCUT2D eigenvalue weighted by atomic mass is 10.00. The number of carbonyl (C=O) groups is 4. The van der Waals surface area contributed by atoms with Crippen LogP contribution in [0.25, 0.3) is 0 Å². The third-order valence-corrected chi connectivity index (χ3v) is 20.1. The third-order valence-electron chi connectivity index (χ3n) is 18.2. The van der Waals surface area contributed by atoms with Crippen LogP contribution in [0.15, 0.2) is 0 Å². The fourth-order valence-corrected chi connectivity index (χ4v) is 13.3. The van der Waals surface area contributed by atoms with Gasteiger partial charge in [-0.1, -0.05) is 344 Å². The summed E-state index contributed by atoms with van der Waals surface area (Å²) in [7, 11) is -9.91. The number of carbonyl (C=O) groups excluding carboxylic acids is 4. The summed E-state index contributed by atoms with van der Waals surface area (Å²) in [5.74, 6) is 0.0836. The molecule has 0 saturated heterocycles. The van der Waals surface area contributed by atoms with E-state index in [0.29, 0.717) is 31.6 Å². The van der Waals surface area contributed by atoms with Crippen LogP contribution in [0.1, 0.15) is 395 Å². The number of phosphoric ester groups is 2. The second-order valence-corrected chi connectivity index (χ2v) is 31.8. The van der Waals surface area contributed by atoms with Crippen LogP contribution in [-0.4, -0.2) is 96.7 Å².